The van der Waals surface area contributed by atoms with Gasteiger partial charge in [0.05, 0.1) is 5.69 Å². The van der Waals surface area contributed by atoms with E-state index in [1.165, 1.54) is 0 Å². The fraction of sp³-hybridized carbons (Fsp3) is 0.250. The van der Waals surface area contributed by atoms with Gasteiger partial charge in [0.2, 0.25) is 0 Å². The zero-order valence-electron chi connectivity index (χ0n) is 8.09. The molecule has 0 saturated heterocycles. The third kappa shape index (κ3) is 4.65. The minimum absolute atomic E-state index is 0.0307. The normalized spacial score (nSPS) is 11.7. The Morgan fingerprint density at radius 2 is 1.94 bits per heavy atom. The van der Waals surface area contributed by atoms with Crippen LogP contribution in [0.1, 0.15) is 0 Å². The van der Waals surface area contributed by atoms with Crippen molar-refractivity contribution in [2.45, 2.75) is 17.0 Å². The second-order valence-electron chi connectivity index (χ2n) is 2.73. The van der Waals surface area contributed by atoms with Crippen LogP contribution in [0.2, 0.25) is 0 Å². The summed E-state index contributed by atoms with van der Waals surface area (Å²) in [5.41, 5.74) is -2.49. The standard InChI is InChI=1S/C8H7F5N2OS/c9-7(10)16-6-3-4(17-8(11,12)13)1-2-5(6)15-14/h1-3,7,15H,14H2. The van der Waals surface area contributed by atoms with Crippen molar-refractivity contribution < 1.29 is 26.7 Å². The Bertz CT molecular complexity index is 385. The van der Waals surface area contributed by atoms with E-state index < -0.39 is 29.6 Å². The Balaban J connectivity index is 2.96. The second kappa shape index (κ2) is 5.41. The topological polar surface area (TPSA) is 47.3 Å². The molecular formula is C8H7F5N2OS. The number of nitrogens with one attached hydrogen (secondary N) is 1. The zero-order chi connectivity index (χ0) is 13.1. The second-order valence-corrected chi connectivity index (χ2v) is 3.87. The van der Waals surface area contributed by atoms with E-state index in [0.29, 0.717) is 0 Å². The van der Waals surface area contributed by atoms with Crippen molar-refractivity contribution in [1.29, 1.82) is 0 Å². The van der Waals surface area contributed by atoms with Crippen LogP contribution in [0.15, 0.2) is 23.1 Å². The maximum absolute atomic E-state index is 12.1. The average Bonchev–Trinajstić information content (AvgIpc) is 2.14. The van der Waals surface area contributed by atoms with Crippen LogP contribution in [0.25, 0.3) is 0 Å². The van der Waals surface area contributed by atoms with E-state index in [-0.39, 0.29) is 10.6 Å². The van der Waals surface area contributed by atoms with E-state index in [9.17, 15) is 22.0 Å². The molecule has 96 valence electrons. The highest BCUT2D eigenvalue weighted by atomic mass is 32.2. The summed E-state index contributed by atoms with van der Waals surface area (Å²) in [4.78, 5) is -0.271. The van der Waals surface area contributed by atoms with Gasteiger partial charge >= 0.3 is 12.1 Å². The van der Waals surface area contributed by atoms with Gasteiger partial charge in [-0.3, -0.25) is 5.84 Å². The Labute approximate surface area is 97.1 Å². The quantitative estimate of drug-likeness (QED) is 0.383. The van der Waals surface area contributed by atoms with Crippen molar-refractivity contribution in [2.24, 2.45) is 5.84 Å². The number of benzene rings is 1. The van der Waals surface area contributed by atoms with Crippen LogP contribution >= 0.6 is 11.8 Å². The third-order valence-electron chi connectivity index (χ3n) is 1.56. The third-order valence-corrected chi connectivity index (χ3v) is 2.28. The average molecular weight is 274 g/mol. The molecule has 0 bridgehead atoms. The van der Waals surface area contributed by atoms with Gasteiger partial charge in [-0.2, -0.15) is 22.0 Å². The summed E-state index contributed by atoms with van der Waals surface area (Å²) in [6.07, 6.45) is 0. The van der Waals surface area contributed by atoms with Crippen LogP contribution in [0.3, 0.4) is 0 Å². The molecule has 9 heteroatoms. The van der Waals surface area contributed by atoms with Crippen LogP contribution in [-0.4, -0.2) is 12.1 Å². The highest BCUT2D eigenvalue weighted by molar-refractivity contribution is 8.00. The summed E-state index contributed by atoms with van der Waals surface area (Å²) in [6, 6.07) is 3.04. The van der Waals surface area contributed by atoms with E-state index in [1.54, 1.807) is 0 Å². The van der Waals surface area contributed by atoms with Gasteiger partial charge in [-0.05, 0) is 30.0 Å². The van der Waals surface area contributed by atoms with Gasteiger partial charge < -0.3 is 10.2 Å². The minimum atomic E-state index is -4.50. The van der Waals surface area contributed by atoms with Crippen LogP contribution in [0.4, 0.5) is 27.6 Å². The van der Waals surface area contributed by atoms with Crippen LogP contribution < -0.4 is 16.0 Å². The summed E-state index contributed by atoms with van der Waals surface area (Å²) in [5, 5.41) is 0. The molecule has 0 atom stereocenters. The number of anilines is 1. The summed E-state index contributed by atoms with van der Waals surface area (Å²) in [5.74, 6) is 4.55. The molecule has 0 unspecified atom stereocenters. The number of thioether (sulfide) groups is 1. The number of nitrogen functional groups attached to an aromatic ring is 1. The van der Waals surface area contributed by atoms with E-state index >= 15 is 0 Å². The van der Waals surface area contributed by atoms with Gasteiger partial charge in [-0.15, -0.1) is 0 Å². The van der Waals surface area contributed by atoms with Gasteiger partial charge in [0.15, 0.2) is 5.75 Å². The van der Waals surface area contributed by atoms with Crippen molar-refractivity contribution in [3.05, 3.63) is 18.2 Å². The maximum atomic E-state index is 12.1. The summed E-state index contributed by atoms with van der Waals surface area (Å²) >= 11 is -0.432. The van der Waals surface area contributed by atoms with Crippen molar-refractivity contribution in [3.8, 4) is 5.75 Å². The minimum Gasteiger partial charge on any atom is -0.433 e. The molecule has 0 spiro atoms. The van der Waals surface area contributed by atoms with Gasteiger partial charge in [0, 0.05) is 4.90 Å². The van der Waals surface area contributed by atoms with Crippen molar-refractivity contribution in [2.75, 3.05) is 5.43 Å². The first-order valence-corrected chi connectivity index (χ1v) is 4.94. The molecule has 0 fully saturated rings. The number of nitrogens with two attached hydrogens (primary N) is 1. The lowest BCUT2D eigenvalue weighted by atomic mass is 10.3. The molecule has 0 aliphatic carbocycles. The van der Waals surface area contributed by atoms with Crippen molar-refractivity contribution >= 4 is 17.4 Å². The molecule has 0 heterocycles. The number of hydrogen-bond donors (Lipinski definition) is 2. The summed E-state index contributed by atoms with van der Waals surface area (Å²) < 4.78 is 64.2. The van der Waals surface area contributed by atoms with Crippen molar-refractivity contribution in [3.63, 3.8) is 0 Å². The zero-order valence-corrected chi connectivity index (χ0v) is 8.91. The van der Waals surface area contributed by atoms with Gasteiger partial charge in [-0.25, -0.2) is 0 Å². The summed E-state index contributed by atoms with van der Waals surface area (Å²) in [7, 11) is 0. The molecule has 1 aromatic rings. The molecule has 3 nitrogen and oxygen atoms in total. The van der Waals surface area contributed by atoms with Crippen LogP contribution in [-0.2, 0) is 0 Å². The molecule has 0 saturated carbocycles. The molecule has 0 radical (unpaired) electrons. The molecular weight excluding hydrogens is 267 g/mol. The largest absolute Gasteiger partial charge is 0.446 e. The number of hydrazine groups is 1. The Hall–Kier alpha value is -1.22. The SMILES string of the molecule is NNc1ccc(SC(F)(F)F)cc1OC(F)F. The van der Waals surface area contributed by atoms with Crippen LogP contribution in [0, 0.1) is 0 Å². The molecule has 0 aromatic heterocycles. The highest BCUT2D eigenvalue weighted by Crippen LogP contribution is 2.39. The molecule has 0 amide bonds. The number of rotatable bonds is 4. The predicted octanol–water partition coefficient (Wildman–Crippen LogP) is 3.19. The fourth-order valence-electron chi connectivity index (χ4n) is 1.01. The van der Waals surface area contributed by atoms with Gasteiger partial charge in [-0.1, -0.05) is 0 Å². The van der Waals surface area contributed by atoms with E-state index in [4.69, 9.17) is 5.84 Å². The smallest absolute Gasteiger partial charge is 0.433 e. The number of ether oxygens (including phenoxy) is 1. The molecule has 17 heavy (non-hydrogen) atoms. The Kier molecular flexibility index (Phi) is 4.40. The molecule has 0 aliphatic heterocycles. The molecule has 1 aromatic carbocycles. The molecule has 1 rings (SSSR count). The van der Waals surface area contributed by atoms with Crippen LogP contribution in [0.5, 0.6) is 5.75 Å². The monoisotopic (exact) mass is 274 g/mol. The predicted molar refractivity (Wildman–Crippen MR) is 52.8 cm³/mol. The maximum Gasteiger partial charge on any atom is 0.446 e. The first-order valence-electron chi connectivity index (χ1n) is 4.13. The van der Waals surface area contributed by atoms with E-state index in [2.05, 4.69) is 4.74 Å². The Morgan fingerprint density at radius 1 is 1.29 bits per heavy atom. The number of hydrogen-bond acceptors (Lipinski definition) is 4. The lowest BCUT2D eigenvalue weighted by molar-refractivity contribution is -0.0495. The first kappa shape index (κ1) is 13.8. The Morgan fingerprint density at radius 3 is 2.41 bits per heavy atom. The number of halogens is 5. The number of alkyl halides is 5. The summed E-state index contributed by atoms with van der Waals surface area (Å²) in [6.45, 7) is -3.15. The van der Waals surface area contributed by atoms with E-state index in [1.807, 2.05) is 5.43 Å². The van der Waals surface area contributed by atoms with Gasteiger partial charge in [0.25, 0.3) is 0 Å². The first-order chi connectivity index (χ1) is 7.81. The molecule has 0 aliphatic rings. The van der Waals surface area contributed by atoms with E-state index in [0.717, 1.165) is 18.2 Å². The van der Waals surface area contributed by atoms with Gasteiger partial charge in [0.1, 0.15) is 0 Å². The molecule has 3 N–H and O–H groups in total. The van der Waals surface area contributed by atoms with Crippen molar-refractivity contribution in [1.82, 2.24) is 0 Å². The lowest BCUT2D eigenvalue weighted by Crippen LogP contribution is -2.11. The lowest BCUT2D eigenvalue weighted by Gasteiger charge is -2.12. The highest BCUT2D eigenvalue weighted by Gasteiger charge is 2.29. The fourth-order valence-corrected chi connectivity index (χ4v) is 1.58.